The quantitative estimate of drug-likeness (QED) is 0.634. The Bertz CT molecular complexity index is 891. The highest BCUT2D eigenvalue weighted by molar-refractivity contribution is 9.10. The second kappa shape index (κ2) is 7.42. The number of benzene rings is 2. The third-order valence-corrected chi connectivity index (χ3v) is 3.94. The normalized spacial score (nSPS) is 10.9. The van der Waals surface area contributed by atoms with Gasteiger partial charge in [0.2, 0.25) is 5.89 Å². The van der Waals surface area contributed by atoms with E-state index >= 15 is 0 Å². The van der Waals surface area contributed by atoms with Crippen molar-refractivity contribution in [2.45, 2.75) is 0 Å². The maximum Gasteiger partial charge on any atom is 0.322 e. The summed E-state index contributed by atoms with van der Waals surface area (Å²) in [6.07, 6.45) is 2.97. The van der Waals surface area contributed by atoms with Gasteiger partial charge in [-0.3, -0.25) is 10.1 Å². The van der Waals surface area contributed by atoms with Crippen LogP contribution in [0.5, 0.6) is 0 Å². The van der Waals surface area contributed by atoms with Gasteiger partial charge in [-0.15, -0.1) is 5.10 Å². The van der Waals surface area contributed by atoms with Gasteiger partial charge in [-0.2, -0.15) is 0 Å². The molecule has 3 rings (SSSR count). The van der Waals surface area contributed by atoms with Crippen molar-refractivity contribution < 1.29 is 9.21 Å². The highest BCUT2D eigenvalue weighted by atomic mass is 79.9. The molecule has 1 amide bonds. The molecule has 0 aliphatic rings. The molecule has 0 aliphatic carbocycles. The Morgan fingerprint density at radius 3 is 2.62 bits per heavy atom. The summed E-state index contributed by atoms with van der Waals surface area (Å²) in [4.78, 5) is 11.9. The number of hydrogen-bond acceptors (Lipinski definition) is 4. The number of anilines is 1. The molecule has 3 aromatic rings. The van der Waals surface area contributed by atoms with Crippen LogP contribution < -0.4 is 5.32 Å². The van der Waals surface area contributed by atoms with Gasteiger partial charge < -0.3 is 4.42 Å². The molecule has 0 saturated heterocycles. The molecule has 7 heteroatoms. The molecular weight excluding hydrogens is 394 g/mol. The lowest BCUT2D eigenvalue weighted by Gasteiger charge is -1.97. The van der Waals surface area contributed by atoms with E-state index in [4.69, 9.17) is 16.0 Å². The van der Waals surface area contributed by atoms with Crippen molar-refractivity contribution in [1.82, 2.24) is 10.2 Å². The van der Waals surface area contributed by atoms with Gasteiger partial charge in [0.15, 0.2) is 0 Å². The van der Waals surface area contributed by atoms with Crippen molar-refractivity contribution >= 4 is 45.5 Å². The van der Waals surface area contributed by atoms with Crippen LogP contribution in [0.3, 0.4) is 0 Å². The average Bonchev–Trinajstić information content (AvgIpc) is 3.03. The Labute approximate surface area is 151 Å². The topological polar surface area (TPSA) is 68.0 Å². The van der Waals surface area contributed by atoms with E-state index in [1.165, 1.54) is 6.08 Å². The second-order valence-corrected chi connectivity index (χ2v) is 6.09. The summed E-state index contributed by atoms with van der Waals surface area (Å²) in [7, 11) is 0. The number of nitrogens with one attached hydrogen (secondary N) is 1. The van der Waals surface area contributed by atoms with E-state index < -0.39 is 0 Å². The summed E-state index contributed by atoms with van der Waals surface area (Å²) in [6.45, 7) is 0. The fraction of sp³-hybridized carbons (Fsp3) is 0. The molecule has 24 heavy (non-hydrogen) atoms. The lowest BCUT2D eigenvalue weighted by atomic mass is 10.2. The van der Waals surface area contributed by atoms with Gasteiger partial charge in [0.05, 0.1) is 0 Å². The third-order valence-electron chi connectivity index (χ3n) is 3.07. The van der Waals surface area contributed by atoms with Crippen molar-refractivity contribution in [3.8, 4) is 11.5 Å². The first-order chi connectivity index (χ1) is 11.6. The van der Waals surface area contributed by atoms with E-state index in [2.05, 4.69) is 31.4 Å². The SMILES string of the molecule is O=C(/C=C/c1ccccc1Cl)Nc1nnc(-c2ccc(Br)cc2)o1. The van der Waals surface area contributed by atoms with Gasteiger partial charge in [-0.05, 0) is 42.0 Å². The van der Waals surface area contributed by atoms with Crippen molar-refractivity contribution in [3.63, 3.8) is 0 Å². The molecule has 0 radical (unpaired) electrons. The summed E-state index contributed by atoms with van der Waals surface area (Å²) >= 11 is 9.38. The maximum atomic E-state index is 11.9. The predicted octanol–water partition coefficient (Wildman–Crippen LogP) is 4.80. The molecular formula is C17H11BrClN3O2. The van der Waals surface area contributed by atoms with E-state index in [0.29, 0.717) is 10.9 Å². The molecule has 1 N–H and O–H groups in total. The Morgan fingerprint density at radius 1 is 1.12 bits per heavy atom. The first kappa shape index (κ1) is 16.4. The largest absolute Gasteiger partial charge is 0.403 e. The molecule has 1 aromatic heterocycles. The molecule has 1 heterocycles. The molecule has 0 fully saturated rings. The zero-order valence-electron chi connectivity index (χ0n) is 12.2. The van der Waals surface area contributed by atoms with Crippen molar-refractivity contribution in [2.24, 2.45) is 0 Å². The third kappa shape index (κ3) is 4.10. The Morgan fingerprint density at radius 2 is 1.88 bits per heavy atom. The summed E-state index contributed by atoms with van der Waals surface area (Å²) in [6, 6.07) is 14.6. The van der Waals surface area contributed by atoms with E-state index in [1.54, 1.807) is 12.1 Å². The first-order valence-electron chi connectivity index (χ1n) is 6.95. The van der Waals surface area contributed by atoms with Crippen LogP contribution in [0.1, 0.15) is 5.56 Å². The van der Waals surface area contributed by atoms with Crippen LogP contribution in [0.2, 0.25) is 5.02 Å². The lowest BCUT2D eigenvalue weighted by Crippen LogP contribution is -2.07. The molecule has 0 bridgehead atoms. The van der Waals surface area contributed by atoms with Crippen LogP contribution >= 0.6 is 27.5 Å². The van der Waals surface area contributed by atoms with Gasteiger partial charge in [0, 0.05) is 21.1 Å². The number of amides is 1. The van der Waals surface area contributed by atoms with E-state index in [-0.39, 0.29) is 11.9 Å². The van der Waals surface area contributed by atoms with Crippen molar-refractivity contribution in [1.29, 1.82) is 0 Å². The first-order valence-corrected chi connectivity index (χ1v) is 8.12. The van der Waals surface area contributed by atoms with Gasteiger partial charge in [-0.25, -0.2) is 0 Å². The predicted molar refractivity (Wildman–Crippen MR) is 96.5 cm³/mol. The minimum atomic E-state index is -0.388. The fourth-order valence-corrected chi connectivity index (χ4v) is 2.37. The van der Waals surface area contributed by atoms with Crippen molar-refractivity contribution in [3.05, 3.63) is 69.7 Å². The van der Waals surface area contributed by atoms with E-state index in [1.807, 2.05) is 42.5 Å². The van der Waals surface area contributed by atoms with E-state index in [9.17, 15) is 4.79 Å². The monoisotopic (exact) mass is 403 g/mol. The Kier molecular flexibility index (Phi) is 5.08. The molecule has 0 spiro atoms. The van der Waals surface area contributed by atoms with Crippen LogP contribution in [0, 0.1) is 0 Å². The Hall–Kier alpha value is -2.44. The van der Waals surface area contributed by atoms with Crippen LogP contribution in [0.25, 0.3) is 17.5 Å². The van der Waals surface area contributed by atoms with Crippen LogP contribution in [-0.2, 0) is 4.79 Å². The zero-order valence-corrected chi connectivity index (χ0v) is 14.6. The number of aromatic nitrogens is 2. The highest BCUT2D eigenvalue weighted by Crippen LogP contribution is 2.22. The minimum Gasteiger partial charge on any atom is -0.403 e. The highest BCUT2D eigenvalue weighted by Gasteiger charge is 2.10. The average molecular weight is 405 g/mol. The number of rotatable bonds is 4. The van der Waals surface area contributed by atoms with Gasteiger partial charge in [0.1, 0.15) is 0 Å². The molecule has 5 nitrogen and oxygen atoms in total. The van der Waals surface area contributed by atoms with Gasteiger partial charge in [0.25, 0.3) is 5.91 Å². The summed E-state index contributed by atoms with van der Waals surface area (Å²) in [5.74, 6) is -0.0613. The Balaban J connectivity index is 1.67. The molecule has 2 aromatic carbocycles. The smallest absolute Gasteiger partial charge is 0.322 e. The van der Waals surface area contributed by atoms with E-state index in [0.717, 1.165) is 15.6 Å². The number of halogens is 2. The number of carbonyl (C=O) groups is 1. The van der Waals surface area contributed by atoms with Crippen LogP contribution in [0.15, 0.2) is 63.5 Å². The fourth-order valence-electron chi connectivity index (χ4n) is 1.91. The van der Waals surface area contributed by atoms with Crippen LogP contribution in [0.4, 0.5) is 6.01 Å². The number of nitrogens with zero attached hydrogens (tertiary/aromatic N) is 2. The molecule has 120 valence electrons. The summed E-state index contributed by atoms with van der Waals surface area (Å²) < 4.78 is 6.37. The van der Waals surface area contributed by atoms with Crippen LogP contribution in [-0.4, -0.2) is 16.1 Å². The summed E-state index contributed by atoms with van der Waals surface area (Å²) in [5.41, 5.74) is 1.51. The summed E-state index contributed by atoms with van der Waals surface area (Å²) in [5, 5.41) is 10.8. The molecule has 0 aliphatic heterocycles. The molecule has 0 saturated carbocycles. The second-order valence-electron chi connectivity index (χ2n) is 4.76. The molecule has 0 atom stereocenters. The van der Waals surface area contributed by atoms with Gasteiger partial charge in [-0.1, -0.05) is 50.8 Å². The minimum absolute atomic E-state index is 0.0294. The zero-order chi connectivity index (χ0) is 16.9. The lowest BCUT2D eigenvalue weighted by molar-refractivity contribution is -0.112. The maximum absolute atomic E-state index is 11.9. The van der Waals surface area contributed by atoms with Crippen molar-refractivity contribution in [2.75, 3.05) is 5.32 Å². The molecule has 0 unspecified atom stereocenters. The number of hydrogen-bond donors (Lipinski definition) is 1. The van der Waals surface area contributed by atoms with Gasteiger partial charge >= 0.3 is 6.01 Å². The number of carbonyl (C=O) groups excluding carboxylic acids is 1. The standard InChI is InChI=1S/C17H11BrClN3O2/c18-13-8-5-12(6-9-13)16-21-22-17(24-16)20-15(23)10-7-11-3-1-2-4-14(11)19/h1-10H,(H,20,22,23)/b10-7+.